The Morgan fingerprint density at radius 1 is 0.929 bits per heavy atom. The van der Waals surface area contributed by atoms with Gasteiger partial charge in [0.25, 0.3) is 5.91 Å². The van der Waals surface area contributed by atoms with Gasteiger partial charge in [-0.2, -0.15) is 0 Å². The van der Waals surface area contributed by atoms with E-state index in [2.05, 4.69) is 15.3 Å². The Balaban J connectivity index is 1.68. The number of fused-ring (bicyclic) bond motifs is 1. The number of amides is 1. The first-order chi connectivity index (χ1) is 13.8. The molecule has 1 N–H and O–H groups in total. The summed E-state index contributed by atoms with van der Waals surface area (Å²) in [5.41, 5.74) is 3.61. The smallest absolute Gasteiger partial charge is 0.256 e. The summed E-state index contributed by atoms with van der Waals surface area (Å²) < 4.78 is 5.44. The van der Waals surface area contributed by atoms with E-state index in [1.54, 1.807) is 6.07 Å². The average Bonchev–Trinajstić information content (AvgIpc) is 2.75. The highest BCUT2D eigenvalue weighted by molar-refractivity contribution is 6.10. The molecule has 138 valence electrons. The minimum absolute atomic E-state index is 0.192. The monoisotopic (exact) mass is 369 g/mol. The number of hydrogen-bond donors (Lipinski definition) is 1. The second kappa shape index (κ2) is 7.88. The van der Waals surface area contributed by atoms with Crippen LogP contribution in [0.15, 0.2) is 79.1 Å². The highest BCUT2D eigenvalue weighted by atomic mass is 16.5. The Hall–Kier alpha value is -3.73. The summed E-state index contributed by atoms with van der Waals surface area (Å²) in [5, 5.41) is 3.86. The lowest BCUT2D eigenvalue weighted by molar-refractivity contribution is 0.102. The molecule has 1 amide bonds. The molecule has 0 saturated carbocycles. The van der Waals surface area contributed by atoms with Crippen molar-refractivity contribution in [1.29, 1.82) is 0 Å². The molecule has 0 saturated heterocycles. The largest absolute Gasteiger partial charge is 0.494 e. The van der Waals surface area contributed by atoms with Crippen molar-refractivity contribution in [2.75, 3.05) is 11.9 Å². The maximum Gasteiger partial charge on any atom is 0.256 e. The van der Waals surface area contributed by atoms with Gasteiger partial charge in [0.05, 0.1) is 17.8 Å². The van der Waals surface area contributed by atoms with E-state index in [1.807, 2.05) is 73.7 Å². The van der Waals surface area contributed by atoms with Crippen LogP contribution in [0.5, 0.6) is 5.75 Å². The van der Waals surface area contributed by atoms with Crippen LogP contribution in [-0.4, -0.2) is 22.5 Å². The van der Waals surface area contributed by atoms with E-state index in [0.717, 1.165) is 27.9 Å². The molecule has 4 aromatic rings. The summed E-state index contributed by atoms with van der Waals surface area (Å²) >= 11 is 0. The average molecular weight is 369 g/mol. The number of nitrogens with zero attached hydrogens (tertiary/aromatic N) is 2. The first-order valence-electron chi connectivity index (χ1n) is 9.09. The zero-order valence-corrected chi connectivity index (χ0v) is 15.4. The fraction of sp³-hybridized carbons (Fsp3) is 0.0870. The molecule has 0 aliphatic rings. The number of carbonyl (C=O) groups is 1. The number of carbonyl (C=O) groups excluding carboxylic acids is 1. The molecular weight excluding hydrogens is 350 g/mol. The third-order valence-corrected chi connectivity index (χ3v) is 4.39. The first kappa shape index (κ1) is 17.7. The van der Waals surface area contributed by atoms with E-state index in [0.29, 0.717) is 17.9 Å². The Morgan fingerprint density at radius 3 is 2.50 bits per heavy atom. The fourth-order valence-corrected chi connectivity index (χ4v) is 3.11. The summed E-state index contributed by atoms with van der Waals surface area (Å²) in [4.78, 5) is 21.7. The lowest BCUT2D eigenvalue weighted by Crippen LogP contribution is -2.13. The van der Waals surface area contributed by atoms with Gasteiger partial charge in [-0.05, 0) is 43.3 Å². The van der Waals surface area contributed by atoms with Gasteiger partial charge < -0.3 is 10.1 Å². The highest BCUT2D eigenvalue weighted by Crippen LogP contribution is 2.28. The quantitative estimate of drug-likeness (QED) is 0.541. The number of benzene rings is 3. The fourth-order valence-electron chi connectivity index (χ4n) is 3.11. The number of anilines is 1. The standard InChI is InChI=1S/C23H19N3O2/c1-2-28-17-13-11-16(12-14-17)26-23(27)19-8-4-3-7-18(19)22-20-9-5-6-10-21(20)24-15-25-22/h3-15H,2H2,1H3,(H,26,27). The zero-order chi connectivity index (χ0) is 19.3. The van der Waals surface area contributed by atoms with Crippen molar-refractivity contribution in [3.05, 3.63) is 84.7 Å². The van der Waals surface area contributed by atoms with Crippen molar-refractivity contribution in [3.8, 4) is 17.0 Å². The normalized spacial score (nSPS) is 10.6. The summed E-state index contributed by atoms with van der Waals surface area (Å²) in [6, 6.07) is 22.6. The Labute approximate surface area is 163 Å². The molecule has 0 aliphatic heterocycles. The Kier molecular flexibility index (Phi) is 4.97. The van der Waals surface area contributed by atoms with Crippen molar-refractivity contribution in [1.82, 2.24) is 9.97 Å². The Bertz CT molecular complexity index is 1120. The lowest BCUT2D eigenvalue weighted by Gasteiger charge is -2.12. The van der Waals surface area contributed by atoms with Crippen LogP contribution in [0.3, 0.4) is 0 Å². The van der Waals surface area contributed by atoms with Gasteiger partial charge in [0.2, 0.25) is 0 Å². The zero-order valence-electron chi connectivity index (χ0n) is 15.4. The van der Waals surface area contributed by atoms with Crippen LogP contribution < -0.4 is 10.1 Å². The van der Waals surface area contributed by atoms with Gasteiger partial charge in [0.15, 0.2) is 0 Å². The van der Waals surface area contributed by atoms with Gasteiger partial charge in [-0.1, -0.05) is 36.4 Å². The van der Waals surface area contributed by atoms with E-state index in [-0.39, 0.29) is 5.91 Å². The van der Waals surface area contributed by atoms with E-state index >= 15 is 0 Å². The predicted octanol–water partition coefficient (Wildman–Crippen LogP) is 4.95. The van der Waals surface area contributed by atoms with Gasteiger partial charge in [0, 0.05) is 22.2 Å². The summed E-state index contributed by atoms with van der Waals surface area (Å²) in [6.07, 6.45) is 1.53. The maximum atomic E-state index is 13.0. The van der Waals surface area contributed by atoms with Crippen LogP contribution in [0.25, 0.3) is 22.2 Å². The van der Waals surface area contributed by atoms with Crippen molar-refractivity contribution in [2.45, 2.75) is 6.92 Å². The number of rotatable bonds is 5. The van der Waals surface area contributed by atoms with E-state index in [9.17, 15) is 4.79 Å². The lowest BCUT2D eigenvalue weighted by atomic mass is 10.0. The number of nitrogens with one attached hydrogen (secondary N) is 1. The van der Waals surface area contributed by atoms with Crippen molar-refractivity contribution < 1.29 is 9.53 Å². The van der Waals surface area contributed by atoms with Gasteiger partial charge in [-0.15, -0.1) is 0 Å². The number of para-hydroxylation sites is 1. The molecule has 1 heterocycles. The molecule has 0 unspecified atom stereocenters. The molecule has 1 aromatic heterocycles. The molecule has 5 heteroatoms. The molecule has 0 fully saturated rings. The Morgan fingerprint density at radius 2 is 1.68 bits per heavy atom. The first-order valence-corrected chi connectivity index (χ1v) is 9.09. The predicted molar refractivity (Wildman–Crippen MR) is 111 cm³/mol. The molecule has 0 radical (unpaired) electrons. The number of hydrogen-bond acceptors (Lipinski definition) is 4. The molecule has 0 spiro atoms. The van der Waals surface area contributed by atoms with Gasteiger partial charge in [-0.3, -0.25) is 4.79 Å². The number of ether oxygens (including phenoxy) is 1. The van der Waals surface area contributed by atoms with Gasteiger partial charge >= 0.3 is 0 Å². The van der Waals surface area contributed by atoms with Crippen LogP contribution in [0.1, 0.15) is 17.3 Å². The van der Waals surface area contributed by atoms with Crippen LogP contribution in [-0.2, 0) is 0 Å². The molecule has 0 aliphatic carbocycles. The van der Waals surface area contributed by atoms with Crippen LogP contribution in [0, 0.1) is 0 Å². The van der Waals surface area contributed by atoms with Crippen molar-refractivity contribution in [2.24, 2.45) is 0 Å². The van der Waals surface area contributed by atoms with E-state index < -0.39 is 0 Å². The summed E-state index contributed by atoms with van der Waals surface area (Å²) in [7, 11) is 0. The van der Waals surface area contributed by atoms with Crippen LogP contribution in [0.2, 0.25) is 0 Å². The topological polar surface area (TPSA) is 64.1 Å². The number of aromatic nitrogens is 2. The molecular formula is C23H19N3O2. The SMILES string of the molecule is CCOc1ccc(NC(=O)c2ccccc2-c2ncnc3ccccc23)cc1. The van der Waals surface area contributed by atoms with Gasteiger partial charge in [-0.25, -0.2) is 9.97 Å². The minimum Gasteiger partial charge on any atom is -0.494 e. The molecule has 4 rings (SSSR count). The van der Waals surface area contributed by atoms with Crippen LogP contribution >= 0.6 is 0 Å². The molecule has 3 aromatic carbocycles. The molecule has 0 bridgehead atoms. The van der Waals surface area contributed by atoms with Gasteiger partial charge in [0.1, 0.15) is 12.1 Å². The maximum absolute atomic E-state index is 13.0. The summed E-state index contributed by atoms with van der Waals surface area (Å²) in [5.74, 6) is 0.579. The summed E-state index contributed by atoms with van der Waals surface area (Å²) in [6.45, 7) is 2.54. The molecule has 0 atom stereocenters. The van der Waals surface area contributed by atoms with Crippen LogP contribution in [0.4, 0.5) is 5.69 Å². The van der Waals surface area contributed by atoms with Crippen molar-refractivity contribution >= 4 is 22.5 Å². The third-order valence-electron chi connectivity index (χ3n) is 4.39. The minimum atomic E-state index is -0.192. The van der Waals surface area contributed by atoms with E-state index in [4.69, 9.17) is 4.74 Å². The third kappa shape index (κ3) is 3.55. The molecule has 28 heavy (non-hydrogen) atoms. The highest BCUT2D eigenvalue weighted by Gasteiger charge is 2.15. The second-order valence-electron chi connectivity index (χ2n) is 6.20. The van der Waals surface area contributed by atoms with E-state index in [1.165, 1.54) is 6.33 Å². The second-order valence-corrected chi connectivity index (χ2v) is 6.20. The molecule has 5 nitrogen and oxygen atoms in total. The van der Waals surface area contributed by atoms with Crippen molar-refractivity contribution in [3.63, 3.8) is 0 Å².